The van der Waals surface area contributed by atoms with E-state index < -0.39 is 5.97 Å². The van der Waals surface area contributed by atoms with E-state index in [2.05, 4.69) is 17.0 Å². The third-order valence-corrected chi connectivity index (χ3v) is 8.57. The molecule has 1 spiro atoms. The zero-order chi connectivity index (χ0) is 25.3. The van der Waals surface area contributed by atoms with Crippen LogP contribution in [0.2, 0.25) is 5.02 Å². The molecule has 2 aliphatic carbocycles. The number of carboxylic acids is 1. The first-order chi connectivity index (χ1) is 17.4. The van der Waals surface area contributed by atoms with Gasteiger partial charge in [0.1, 0.15) is 5.75 Å². The highest BCUT2D eigenvalue weighted by Gasteiger charge is 2.43. The fourth-order valence-electron chi connectivity index (χ4n) is 6.33. The Kier molecular flexibility index (Phi) is 7.16. The van der Waals surface area contributed by atoms with Crippen molar-refractivity contribution in [3.8, 4) is 5.75 Å². The molecule has 1 heterocycles. The fourth-order valence-corrected chi connectivity index (χ4v) is 6.52. The average Bonchev–Trinajstić information content (AvgIpc) is 2.99. The number of hydrogen-bond acceptors (Lipinski definition) is 5. The molecule has 1 saturated carbocycles. The number of rotatable bonds is 7. The summed E-state index contributed by atoms with van der Waals surface area (Å²) in [7, 11) is 0. The first-order valence-electron chi connectivity index (χ1n) is 13.1. The van der Waals surface area contributed by atoms with Gasteiger partial charge >= 0.3 is 11.9 Å². The summed E-state index contributed by atoms with van der Waals surface area (Å²) in [5, 5.41) is 10.4. The highest BCUT2D eigenvalue weighted by atomic mass is 35.5. The van der Waals surface area contributed by atoms with Crippen molar-refractivity contribution in [2.75, 3.05) is 31.2 Å². The van der Waals surface area contributed by atoms with E-state index in [9.17, 15) is 14.7 Å². The summed E-state index contributed by atoms with van der Waals surface area (Å²) in [5.41, 5.74) is 3.50. The molecule has 0 amide bonds. The van der Waals surface area contributed by atoms with E-state index in [0.717, 1.165) is 68.1 Å². The second-order valence-corrected chi connectivity index (χ2v) is 11.0. The Bertz CT molecular complexity index is 1150. The number of carbonyl (C=O) groups excluding carboxylic acids is 1. The van der Waals surface area contributed by atoms with Gasteiger partial charge in [0.25, 0.3) is 0 Å². The van der Waals surface area contributed by atoms with Crippen molar-refractivity contribution in [3.63, 3.8) is 0 Å². The van der Waals surface area contributed by atoms with Gasteiger partial charge in [-0.05, 0) is 98.7 Å². The molecular formula is C29H34ClNO5. The Hall–Kier alpha value is -2.73. The van der Waals surface area contributed by atoms with Gasteiger partial charge < -0.3 is 19.5 Å². The van der Waals surface area contributed by atoms with Crippen LogP contribution >= 0.6 is 11.6 Å². The third kappa shape index (κ3) is 4.93. The zero-order valence-corrected chi connectivity index (χ0v) is 21.6. The fraction of sp³-hybridized carbons (Fsp3) is 0.517. The van der Waals surface area contributed by atoms with E-state index in [4.69, 9.17) is 21.1 Å². The largest absolute Gasteiger partial charge is 0.490 e. The van der Waals surface area contributed by atoms with Gasteiger partial charge in [0.15, 0.2) is 0 Å². The lowest BCUT2D eigenvalue weighted by Crippen LogP contribution is -2.48. The smallest absolute Gasteiger partial charge is 0.335 e. The van der Waals surface area contributed by atoms with Gasteiger partial charge in [0.2, 0.25) is 0 Å². The number of benzene rings is 2. The normalized spacial score (nSPS) is 24.7. The minimum atomic E-state index is -0.940. The lowest BCUT2D eigenvalue weighted by Gasteiger charge is -2.44. The molecule has 3 aliphatic rings. The van der Waals surface area contributed by atoms with E-state index in [1.807, 2.05) is 13.0 Å². The highest BCUT2D eigenvalue weighted by molar-refractivity contribution is 6.30. The SMILES string of the molecule is CCOC(=O)CC[C@@H]1CC[C@H]1CN1CC2(CCCc3cc(Cl)ccc32)COc2ccc(C(=O)O)cc21. The van der Waals surface area contributed by atoms with Crippen LogP contribution in [-0.4, -0.2) is 43.3 Å². The topological polar surface area (TPSA) is 76.1 Å². The minimum absolute atomic E-state index is 0.126. The summed E-state index contributed by atoms with van der Waals surface area (Å²) in [4.78, 5) is 26.1. The molecule has 0 saturated heterocycles. The molecule has 36 heavy (non-hydrogen) atoms. The summed E-state index contributed by atoms with van der Waals surface area (Å²) in [5.74, 6) is 0.590. The summed E-state index contributed by atoms with van der Waals surface area (Å²) >= 11 is 6.34. The lowest BCUT2D eigenvalue weighted by atomic mass is 9.69. The summed E-state index contributed by atoms with van der Waals surface area (Å²) in [6.07, 6.45) is 6.59. The predicted molar refractivity (Wildman–Crippen MR) is 139 cm³/mol. The van der Waals surface area contributed by atoms with E-state index in [0.29, 0.717) is 31.5 Å². The Morgan fingerprint density at radius 2 is 2.03 bits per heavy atom. The molecule has 0 bridgehead atoms. The molecular weight excluding hydrogens is 478 g/mol. The van der Waals surface area contributed by atoms with Crippen LogP contribution in [0.25, 0.3) is 0 Å². The van der Waals surface area contributed by atoms with Gasteiger partial charge in [-0.2, -0.15) is 0 Å². The average molecular weight is 512 g/mol. The molecule has 7 heteroatoms. The number of nitrogens with zero attached hydrogens (tertiary/aromatic N) is 1. The van der Waals surface area contributed by atoms with Crippen LogP contribution in [0.4, 0.5) is 5.69 Å². The number of ether oxygens (including phenoxy) is 2. The molecule has 2 aromatic rings. The van der Waals surface area contributed by atoms with Crippen LogP contribution in [-0.2, 0) is 21.4 Å². The van der Waals surface area contributed by atoms with Gasteiger partial charge in [-0.1, -0.05) is 17.7 Å². The number of fused-ring (bicyclic) bond motifs is 3. The maximum atomic E-state index is 11.9. The highest BCUT2D eigenvalue weighted by Crippen LogP contribution is 2.46. The van der Waals surface area contributed by atoms with Gasteiger partial charge in [-0.25, -0.2) is 4.79 Å². The van der Waals surface area contributed by atoms with Crippen LogP contribution in [0, 0.1) is 11.8 Å². The van der Waals surface area contributed by atoms with Gasteiger partial charge in [0, 0.05) is 29.9 Å². The van der Waals surface area contributed by atoms with Crippen molar-refractivity contribution in [1.29, 1.82) is 0 Å². The van der Waals surface area contributed by atoms with E-state index >= 15 is 0 Å². The molecule has 3 atom stereocenters. The van der Waals surface area contributed by atoms with Crippen LogP contribution in [0.1, 0.15) is 66.9 Å². The van der Waals surface area contributed by atoms with Crippen molar-refractivity contribution >= 4 is 29.2 Å². The second-order valence-electron chi connectivity index (χ2n) is 10.5. The maximum Gasteiger partial charge on any atom is 0.335 e. The molecule has 1 fully saturated rings. The van der Waals surface area contributed by atoms with E-state index in [1.54, 1.807) is 18.2 Å². The molecule has 0 radical (unpaired) electrons. The predicted octanol–water partition coefficient (Wildman–Crippen LogP) is 5.88. The molecule has 6 nitrogen and oxygen atoms in total. The quantitative estimate of drug-likeness (QED) is 0.468. The van der Waals surface area contributed by atoms with Crippen molar-refractivity contribution in [2.24, 2.45) is 11.8 Å². The Balaban J connectivity index is 1.44. The van der Waals surface area contributed by atoms with Crippen molar-refractivity contribution in [3.05, 3.63) is 58.1 Å². The molecule has 1 unspecified atom stereocenters. The molecule has 5 rings (SSSR count). The number of anilines is 1. The van der Waals surface area contributed by atoms with Gasteiger partial charge in [-0.15, -0.1) is 0 Å². The second kappa shape index (κ2) is 10.3. The zero-order valence-electron chi connectivity index (χ0n) is 20.8. The number of carbonyl (C=O) groups is 2. The first kappa shape index (κ1) is 24.9. The Labute approximate surface area is 217 Å². The third-order valence-electron chi connectivity index (χ3n) is 8.34. The van der Waals surface area contributed by atoms with Crippen LogP contribution in [0.5, 0.6) is 5.75 Å². The number of hydrogen-bond donors (Lipinski definition) is 1. The summed E-state index contributed by atoms with van der Waals surface area (Å²) in [6.45, 7) is 4.38. The standard InChI is InChI=1S/C29H34ClNO5/c1-2-35-27(32)12-8-19-5-6-22(19)16-31-17-29(13-3-4-20-14-23(30)9-10-24(20)29)18-36-26-11-7-21(28(33)34)15-25(26)31/h7,9-11,14-15,19,22H,2-6,8,12-13,16-18H2,1H3,(H,33,34)/t19-,22-,29?/m0/s1. The van der Waals surface area contributed by atoms with E-state index in [1.165, 1.54) is 11.1 Å². The number of esters is 1. The summed E-state index contributed by atoms with van der Waals surface area (Å²) in [6, 6.07) is 11.4. The molecule has 1 N–H and O–H groups in total. The van der Waals surface area contributed by atoms with Crippen LogP contribution < -0.4 is 9.64 Å². The first-order valence-corrected chi connectivity index (χ1v) is 13.5. The number of halogens is 1. The molecule has 1 aliphatic heterocycles. The van der Waals surface area contributed by atoms with Crippen LogP contribution in [0.15, 0.2) is 36.4 Å². The molecule has 192 valence electrons. The van der Waals surface area contributed by atoms with Crippen molar-refractivity contribution in [2.45, 2.75) is 57.3 Å². The number of carboxylic acid groups (broad SMARTS) is 1. The van der Waals surface area contributed by atoms with Gasteiger partial charge in [-0.3, -0.25) is 4.79 Å². The Morgan fingerprint density at radius 1 is 1.19 bits per heavy atom. The molecule has 2 aromatic carbocycles. The van der Waals surface area contributed by atoms with Crippen LogP contribution in [0.3, 0.4) is 0 Å². The minimum Gasteiger partial charge on any atom is -0.490 e. The van der Waals surface area contributed by atoms with Crippen molar-refractivity contribution < 1.29 is 24.2 Å². The number of aryl methyl sites for hydroxylation is 1. The maximum absolute atomic E-state index is 11.9. The molecule has 0 aromatic heterocycles. The lowest BCUT2D eigenvalue weighted by molar-refractivity contribution is -0.143. The van der Waals surface area contributed by atoms with Crippen molar-refractivity contribution in [1.82, 2.24) is 0 Å². The Morgan fingerprint density at radius 3 is 2.78 bits per heavy atom. The van der Waals surface area contributed by atoms with E-state index in [-0.39, 0.29) is 16.9 Å². The monoisotopic (exact) mass is 511 g/mol. The number of aromatic carboxylic acids is 1. The summed E-state index contributed by atoms with van der Waals surface area (Å²) < 4.78 is 11.6. The van der Waals surface area contributed by atoms with Gasteiger partial charge in [0.05, 0.1) is 24.5 Å².